The molecule has 1 saturated heterocycles. The maximum Gasteiger partial charge on any atom is 0.0606 e. The topological polar surface area (TPSA) is 21.3 Å². The van der Waals surface area contributed by atoms with Crippen LogP contribution in [0.2, 0.25) is 5.02 Å². The minimum absolute atomic E-state index is 0.188. The van der Waals surface area contributed by atoms with Crippen molar-refractivity contribution in [2.45, 2.75) is 64.5 Å². The fraction of sp³-hybridized carbons (Fsp3) is 0.520. The summed E-state index contributed by atoms with van der Waals surface area (Å²) in [6.07, 6.45) is 3.66. The Hall–Kier alpha value is -1.35. The van der Waals surface area contributed by atoms with E-state index in [9.17, 15) is 0 Å². The third-order valence-electron chi connectivity index (χ3n) is 6.34. The fourth-order valence-corrected chi connectivity index (χ4v) is 4.44. The van der Waals surface area contributed by atoms with Gasteiger partial charge in [-0.05, 0) is 68.8 Å². The van der Waals surface area contributed by atoms with E-state index in [4.69, 9.17) is 16.3 Å². The predicted molar refractivity (Wildman–Crippen MR) is 119 cm³/mol. The molecular weight excluding hydrogens is 366 g/mol. The van der Waals surface area contributed by atoms with E-state index in [1.165, 1.54) is 16.7 Å². The SMILES string of the molecule is Cc1ccc([C@]2(CCN[C@H](C)c3ccc(Cl)cc3)CCO[C@H](C(C)C)C2)cc1. The van der Waals surface area contributed by atoms with Gasteiger partial charge in [-0.1, -0.05) is 67.4 Å². The van der Waals surface area contributed by atoms with Crippen LogP contribution in [0.15, 0.2) is 48.5 Å². The highest BCUT2D eigenvalue weighted by molar-refractivity contribution is 6.30. The van der Waals surface area contributed by atoms with E-state index >= 15 is 0 Å². The van der Waals surface area contributed by atoms with Gasteiger partial charge in [-0.25, -0.2) is 0 Å². The molecular formula is C25H34ClNO. The lowest BCUT2D eigenvalue weighted by Gasteiger charge is -2.43. The highest BCUT2D eigenvalue weighted by Gasteiger charge is 2.39. The molecule has 0 aliphatic carbocycles. The van der Waals surface area contributed by atoms with Crippen LogP contribution in [0.4, 0.5) is 0 Å². The van der Waals surface area contributed by atoms with E-state index in [1.54, 1.807) is 0 Å². The van der Waals surface area contributed by atoms with Gasteiger partial charge in [0.2, 0.25) is 0 Å². The molecule has 2 aromatic carbocycles. The zero-order valence-electron chi connectivity index (χ0n) is 17.7. The second kappa shape index (κ2) is 9.43. The van der Waals surface area contributed by atoms with Gasteiger partial charge >= 0.3 is 0 Å². The van der Waals surface area contributed by atoms with E-state index in [-0.39, 0.29) is 5.41 Å². The largest absolute Gasteiger partial charge is 0.378 e. The van der Waals surface area contributed by atoms with E-state index in [2.05, 4.69) is 69.4 Å². The van der Waals surface area contributed by atoms with Gasteiger partial charge in [0, 0.05) is 23.1 Å². The highest BCUT2D eigenvalue weighted by atomic mass is 35.5. The van der Waals surface area contributed by atoms with Crippen molar-refractivity contribution in [3.05, 3.63) is 70.2 Å². The summed E-state index contributed by atoms with van der Waals surface area (Å²) in [5, 5.41) is 4.52. The third kappa shape index (κ3) is 5.17. The van der Waals surface area contributed by atoms with Crippen molar-refractivity contribution in [3.63, 3.8) is 0 Å². The maximum absolute atomic E-state index is 6.11. The molecule has 0 radical (unpaired) electrons. The minimum atomic E-state index is 0.188. The summed E-state index contributed by atoms with van der Waals surface area (Å²) in [5.41, 5.74) is 4.25. The standard InChI is InChI=1S/C25H34ClNO/c1-18(2)24-17-25(14-16-28-24,22-9-5-19(3)6-10-22)13-15-27-20(4)21-7-11-23(26)12-8-21/h5-12,18,20,24,27H,13-17H2,1-4H3/t20-,24+,25-/m1/s1. The molecule has 152 valence electrons. The van der Waals surface area contributed by atoms with Crippen LogP contribution >= 0.6 is 11.6 Å². The number of nitrogens with one attached hydrogen (secondary N) is 1. The van der Waals surface area contributed by atoms with Gasteiger partial charge in [-0.3, -0.25) is 0 Å². The first-order valence-corrected chi connectivity index (χ1v) is 10.9. The number of hydrogen-bond donors (Lipinski definition) is 1. The average Bonchev–Trinajstić information content (AvgIpc) is 2.69. The summed E-state index contributed by atoms with van der Waals surface area (Å²) in [6.45, 7) is 10.8. The number of ether oxygens (including phenoxy) is 1. The van der Waals surface area contributed by atoms with Crippen LogP contribution in [0.3, 0.4) is 0 Å². The number of aryl methyl sites for hydroxylation is 1. The van der Waals surface area contributed by atoms with Crippen LogP contribution in [-0.4, -0.2) is 19.3 Å². The Morgan fingerprint density at radius 1 is 1.07 bits per heavy atom. The molecule has 1 N–H and O–H groups in total. The smallest absolute Gasteiger partial charge is 0.0606 e. The van der Waals surface area contributed by atoms with Crippen LogP contribution in [0, 0.1) is 12.8 Å². The van der Waals surface area contributed by atoms with Crippen LogP contribution in [0.5, 0.6) is 0 Å². The lowest BCUT2D eigenvalue weighted by Crippen LogP contribution is -2.42. The van der Waals surface area contributed by atoms with E-state index in [1.807, 2.05) is 12.1 Å². The normalized spacial score (nSPS) is 23.7. The monoisotopic (exact) mass is 399 g/mol. The second-order valence-electron chi connectivity index (χ2n) is 8.73. The van der Waals surface area contributed by atoms with Gasteiger partial charge in [0.05, 0.1) is 6.10 Å². The van der Waals surface area contributed by atoms with Gasteiger partial charge in [0.25, 0.3) is 0 Å². The zero-order chi connectivity index (χ0) is 20.1. The predicted octanol–water partition coefficient (Wildman–Crippen LogP) is 6.46. The molecule has 0 amide bonds. The molecule has 0 aromatic heterocycles. The first-order valence-electron chi connectivity index (χ1n) is 10.6. The van der Waals surface area contributed by atoms with Crippen molar-refractivity contribution in [2.24, 2.45) is 5.92 Å². The molecule has 0 unspecified atom stereocenters. The van der Waals surface area contributed by atoms with Crippen molar-refractivity contribution < 1.29 is 4.74 Å². The molecule has 2 aromatic rings. The molecule has 3 atom stereocenters. The molecule has 1 heterocycles. The number of benzene rings is 2. The summed E-state index contributed by atoms with van der Waals surface area (Å²) in [7, 11) is 0. The summed E-state index contributed by atoms with van der Waals surface area (Å²) < 4.78 is 6.11. The van der Waals surface area contributed by atoms with Gasteiger partial charge in [-0.2, -0.15) is 0 Å². The Kier molecular flexibility index (Phi) is 7.20. The van der Waals surface area contributed by atoms with Gasteiger partial charge in [-0.15, -0.1) is 0 Å². The molecule has 1 aliphatic heterocycles. The number of halogens is 1. The first kappa shape index (κ1) is 21.4. The summed E-state index contributed by atoms with van der Waals surface area (Å²) in [4.78, 5) is 0. The quantitative estimate of drug-likeness (QED) is 0.576. The molecule has 0 bridgehead atoms. The van der Waals surface area contributed by atoms with Crippen LogP contribution < -0.4 is 5.32 Å². The van der Waals surface area contributed by atoms with E-state index < -0.39 is 0 Å². The summed E-state index contributed by atoms with van der Waals surface area (Å²) in [6, 6.07) is 17.6. The second-order valence-corrected chi connectivity index (χ2v) is 9.17. The van der Waals surface area contributed by atoms with Crippen LogP contribution in [-0.2, 0) is 10.2 Å². The Morgan fingerprint density at radius 2 is 1.75 bits per heavy atom. The average molecular weight is 400 g/mol. The third-order valence-corrected chi connectivity index (χ3v) is 6.59. The first-order chi connectivity index (χ1) is 13.4. The minimum Gasteiger partial charge on any atom is -0.378 e. The van der Waals surface area contributed by atoms with Gasteiger partial charge < -0.3 is 10.1 Å². The molecule has 1 fully saturated rings. The van der Waals surface area contributed by atoms with Crippen molar-refractivity contribution in [2.75, 3.05) is 13.2 Å². The van der Waals surface area contributed by atoms with E-state index in [0.717, 1.165) is 37.4 Å². The summed E-state index contributed by atoms with van der Waals surface area (Å²) in [5.74, 6) is 0.547. The van der Waals surface area contributed by atoms with Crippen LogP contribution in [0.1, 0.15) is 62.8 Å². The lowest BCUT2D eigenvalue weighted by molar-refractivity contribution is -0.0470. The highest BCUT2D eigenvalue weighted by Crippen LogP contribution is 2.41. The number of rotatable bonds is 7. The maximum atomic E-state index is 6.11. The molecule has 1 aliphatic rings. The molecule has 0 spiro atoms. The van der Waals surface area contributed by atoms with Crippen molar-refractivity contribution in [3.8, 4) is 0 Å². The fourth-order valence-electron chi connectivity index (χ4n) is 4.32. The molecule has 2 nitrogen and oxygen atoms in total. The van der Waals surface area contributed by atoms with Gasteiger partial charge in [0.15, 0.2) is 0 Å². The zero-order valence-corrected chi connectivity index (χ0v) is 18.4. The van der Waals surface area contributed by atoms with Crippen molar-refractivity contribution >= 4 is 11.6 Å². The lowest BCUT2D eigenvalue weighted by atomic mass is 9.68. The molecule has 28 heavy (non-hydrogen) atoms. The van der Waals surface area contributed by atoms with Crippen molar-refractivity contribution in [1.29, 1.82) is 0 Å². The Balaban J connectivity index is 1.72. The summed E-state index contributed by atoms with van der Waals surface area (Å²) >= 11 is 6.03. The Morgan fingerprint density at radius 3 is 2.39 bits per heavy atom. The Labute approximate surface area is 175 Å². The Bertz CT molecular complexity index is 740. The van der Waals surface area contributed by atoms with Crippen molar-refractivity contribution in [1.82, 2.24) is 5.32 Å². The van der Waals surface area contributed by atoms with Crippen LogP contribution in [0.25, 0.3) is 0 Å². The van der Waals surface area contributed by atoms with Gasteiger partial charge in [0.1, 0.15) is 0 Å². The van der Waals surface area contributed by atoms with E-state index in [0.29, 0.717) is 18.1 Å². The molecule has 3 heteroatoms. The molecule has 0 saturated carbocycles. The number of hydrogen-bond acceptors (Lipinski definition) is 2. The molecule has 3 rings (SSSR count).